The van der Waals surface area contributed by atoms with Crippen LogP contribution in [0.5, 0.6) is 0 Å². The Kier molecular flexibility index (Phi) is 61.1. The molecular weight excluding hydrogens is 212 g/mol. The maximum absolute atomic E-state index is 9.01. The first-order valence-electron chi connectivity index (χ1n) is 2.92. The second-order valence-corrected chi connectivity index (χ2v) is 1.27. The van der Waals surface area contributed by atoms with Gasteiger partial charge in [-0.1, -0.05) is 0 Å². The normalized spacial score (nSPS) is 5.36. The van der Waals surface area contributed by atoms with Crippen LogP contribution in [0, 0.1) is 5.41 Å². The number of hydrogen-bond donors (Lipinski definition) is 2. The zero-order chi connectivity index (χ0) is 10.6. The third-order valence-electron chi connectivity index (χ3n) is 0.118. The second kappa shape index (κ2) is 29.2. The molecule has 0 fully saturated rings. The minimum atomic E-state index is -1.45. The Bertz CT molecular complexity index is 138. The molecule has 8 heteroatoms. The maximum Gasteiger partial charge on any atom is 1.00 e. The van der Waals surface area contributed by atoms with Crippen molar-refractivity contribution in [2.75, 3.05) is 6.61 Å². The molecule has 0 heterocycles. The number of aliphatic carboxylic acids is 2. The van der Waals surface area contributed by atoms with E-state index in [1.54, 1.807) is 6.92 Å². The monoisotopic (exact) mass is 223 g/mol. The molecule has 0 spiro atoms. The quantitative estimate of drug-likeness (QED) is 0.337. The maximum atomic E-state index is 9.01. The predicted molar refractivity (Wildman–Crippen MR) is 37.2 cm³/mol. The van der Waals surface area contributed by atoms with Crippen LogP contribution in [0.25, 0.3) is 0 Å². The molecule has 0 saturated heterocycles. The predicted octanol–water partition coefficient (Wildman–Crippen LogP) is -8.85. The van der Waals surface area contributed by atoms with Crippen LogP contribution >= 0.6 is 0 Å². The first kappa shape index (κ1) is 29.3. The summed E-state index contributed by atoms with van der Waals surface area (Å²) in [7, 11) is 0. The number of aliphatic hydroxyl groups excluding tert-OH is 1. The van der Waals surface area contributed by atoms with E-state index in [4.69, 9.17) is 30.3 Å². The van der Waals surface area contributed by atoms with Crippen molar-refractivity contribution in [3.05, 3.63) is 0 Å². The number of rotatable bonds is 1. The summed E-state index contributed by atoms with van der Waals surface area (Å²) in [4.78, 5) is 17.9. The SMILES string of the molecule is CC(=O)[O-].CCO.N=CC(=O)[O-].[Na+].[Na+]. The van der Waals surface area contributed by atoms with Crippen molar-refractivity contribution in [2.45, 2.75) is 13.8 Å². The molecule has 0 aromatic heterocycles. The summed E-state index contributed by atoms with van der Waals surface area (Å²) in [6, 6.07) is 0. The van der Waals surface area contributed by atoms with E-state index in [1.165, 1.54) is 0 Å². The van der Waals surface area contributed by atoms with Gasteiger partial charge < -0.3 is 30.3 Å². The molecule has 0 atom stereocenters. The van der Waals surface area contributed by atoms with Crippen molar-refractivity contribution in [2.24, 2.45) is 0 Å². The van der Waals surface area contributed by atoms with Crippen molar-refractivity contribution in [1.29, 1.82) is 5.41 Å². The molecule has 0 radical (unpaired) electrons. The van der Waals surface area contributed by atoms with Crippen LogP contribution in [0.1, 0.15) is 13.8 Å². The zero-order valence-corrected chi connectivity index (χ0v) is 12.9. The number of aliphatic hydroxyl groups is 1. The minimum absolute atomic E-state index is 0. The van der Waals surface area contributed by atoms with Gasteiger partial charge in [0.25, 0.3) is 0 Å². The Hall–Kier alpha value is 0.570. The van der Waals surface area contributed by atoms with Gasteiger partial charge in [0.2, 0.25) is 0 Å². The number of hydrogen-bond acceptors (Lipinski definition) is 6. The van der Waals surface area contributed by atoms with Gasteiger partial charge >= 0.3 is 59.1 Å². The van der Waals surface area contributed by atoms with Crippen LogP contribution in [-0.2, 0) is 9.59 Å². The second-order valence-electron chi connectivity index (χ2n) is 1.27. The summed E-state index contributed by atoms with van der Waals surface area (Å²) in [6.45, 7) is 2.90. The summed E-state index contributed by atoms with van der Waals surface area (Å²) < 4.78 is 0. The average molecular weight is 223 g/mol. The number of carbonyl (C=O) groups excluding carboxylic acids is 2. The van der Waals surface area contributed by atoms with Crippen molar-refractivity contribution in [3.63, 3.8) is 0 Å². The molecule has 0 rings (SSSR count). The van der Waals surface area contributed by atoms with Crippen molar-refractivity contribution in [3.8, 4) is 0 Å². The van der Waals surface area contributed by atoms with Crippen LogP contribution in [0.2, 0.25) is 0 Å². The van der Waals surface area contributed by atoms with Crippen LogP contribution in [0.15, 0.2) is 0 Å². The molecule has 2 N–H and O–H groups in total. The van der Waals surface area contributed by atoms with Gasteiger partial charge in [-0.15, -0.1) is 0 Å². The molecule has 0 saturated carbocycles. The zero-order valence-electron chi connectivity index (χ0n) is 8.86. The molecule has 0 aliphatic heterocycles. The Morgan fingerprint density at radius 2 is 1.43 bits per heavy atom. The van der Waals surface area contributed by atoms with Gasteiger partial charge in [0.1, 0.15) is 0 Å². The molecule has 6 nitrogen and oxygen atoms in total. The number of carboxylic acids is 2. The Balaban J connectivity index is -0.0000000278. The molecule has 0 bridgehead atoms. The third kappa shape index (κ3) is 255. The Morgan fingerprint density at radius 1 is 1.36 bits per heavy atom. The van der Waals surface area contributed by atoms with E-state index in [1.807, 2.05) is 0 Å². The largest absolute Gasteiger partial charge is 1.00 e. The summed E-state index contributed by atoms with van der Waals surface area (Å²) in [5, 5.41) is 31.3. The van der Waals surface area contributed by atoms with Gasteiger partial charge in [-0.05, 0) is 13.8 Å². The van der Waals surface area contributed by atoms with E-state index >= 15 is 0 Å². The molecule has 0 amide bonds. The number of carbonyl (C=O) groups is 2. The van der Waals surface area contributed by atoms with E-state index < -0.39 is 11.9 Å². The Morgan fingerprint density at radius 3 is 1.43 bits per heavy atom. The standard InChI is InChI=1S/C2H3NO2.C2H4O2.C2H6O.2Na/c3-1-2(4)5;1-2(3)4;1-2-3;;/h1,3H,(H,4,5);1H3,(H,3,4);3H,2H2,1H3;;/q;;;2*+1/p-2. The van der Waals surface area contributed by atoms with E-state index in [0.29, 0.717) is 0 Å². The third-order valence-corrected chi connectivity index (χ3v) is 0.118. The van der Waals surface area contributed by atoms with Gasteiger partial charge in [-0.25, -0.2) is 0 Å². The molecule has 0 aliphatic rings. The van der Waals surface area contributed by atoms with Gasteiger partial charge in [-0.3, -0.25) is 0 Å². The Labute approximate surface area is 127 Å². The molecule has 0 unspecified atom stereocenters. The number of nitrogens with one attached hydrogen (secondary N) is 1. The summed E-state index contributed by atoms with van der Waals surface area (Å²) in [5.74, 6) is -2.54. The van der Waals surface area contributed by atoms with E-state index in [9.17, 15) is 0 Å². The van der Waals surface area contributed by atoms with E-state index in [2.05, 4.69) is 0 Å². The van der Waals surface area contributed by atoms with Gasteiger partial charge in [0.15, 0.2) is 0 Å². The van der Waals surface area contributed by atoms with E-state index in [0.717, 1.165) is 6.92 Å². The van der Waals surface area contributed by atoms with Gasteiger partial charge in [-0.2, -0.15) is 0 Å². The van der Waals surface area contributed by atoms with Crippen molar-refractivity contribution < 1.29 is 84.0 Å². The molecular formula is C6H11NNa2O5. The first-order valence-corrected chi connectivity index (χ1v) is 2.92. The molecule has 0 aromatic carbocycles. The van der Waals surface area contributed by atoms with Crippen LogP contribution in [-0.4, -0.2) is 29.9 Å². The first-order chi connectivity index (χ1) is 5.42. The van der Waals surface area contributed by atoms with Crippen LogP contribution in [0.3, 0.4) is 0 Å². The molecule has 14 heavy (non-hydrogen) atoms. The average Bonchev–Trinajstić information content (AvgIpc) is 1.88. The summed E-state index contributed by atoms with van der Waals surface area (Å²) in [6.07, 6.45) is 0.222. The fourth-order valence-electron chi connectivity index (χ4n) is 0. The molecule has 0 aromatic rings. The van der Waals surface area contributed by atoms with E-state index in [-0.39, 0.29) is 71.9 Å². The summed E-state index contributed by atoms with van der Waals surface area (Å²) in [5.41, 5.74) is 0. The van der Waals surface area contributed by atoms with Crippen LogP contribution < -0.4 is 69.3 Å². The van der Waals surface area contributed by atoms with Gasteiger partial charge in [0, 0.05) is 18.8 Å². The smallest absolute Gasteiger partial charge is 0.550 e. The van der Waals surface area contributed by atoms with Gasteiger partial charge in [0.05, 0.1) is 5.97 Å². The van der Waals surface area contributed by atoms with Crippen molar-refractivity contribution in [1.82, 2.24) is 0 Å². The number of carboxylic acid groups (broad SMARTS) is 2. The minimum Gasteiger partial charge on any atom is -0.550 e. The fraction of sp³-hybridized carbons (Fsp3) is 0.500. The topological polar surface area (TPSA) is 124 Å². The fourth-order valence-corrected chi connectivity index (χ4v) is 0. The van der Waals surface area contributed by atoms with Crippen LogP contribution in [0.4, 0.5) is 0 Å². The molecule has 0 aliphatic carbocycles. The molecule has 72 valence electrons. The van der Waals surface area contributed by atoms with Crippen molar-refractivity contribution >= 4 is 18.2 Å². The summed E-state index contributed by atoms with van der Waals surface area (Å²) >= 11 is 0.